The van der Waals surface area contributed by atoms with E-state index in [9.17, 15) is 9.50 Å². The Morgan fingerprint density at radius 2 is 1.94 bits per heavy atom. The summed E-state index contributed by atoms with van der Waals surface area (Å²) < 4.78 is 20.0. The van der Waals surface area contributed by atoms with Crippen LogP contribution in [0.15, 0.2) is 34.7 Å². The Labute approximate surface area is 178 Å². The van der Waals surface area contributed by atoms with E-state index in [1.165, 1.54) is 0 Å². The number of pyridine rings is 2. The first-order chi connectivity index (χ1) is 14.9. The number of aromatic nitrogens is 3. The molecule has 2 N–H and O–H groups in total. The minimum absolute atomic E-state index is 0.0155. The number of anilines is 1. The molecule has 0 saturated carbocycles. The Morgan fingerprint density at radius 1 is 1.16 bits per heavy atom. The maximum Gasteiger partial charge on any atom is 0.195 e. The molecule has 5 rings (SSSR count). The van der Waals surface area contributed by atoms with Gasteiger partial charge in [0.1, 0.15) is 11.3 Å². The van der Waals surface area contributed by atoms with Crippen LogP contribution in [0.4, 0.5) is 10.2 Å². The highest BCUT2D eigenvalue weighted by atomic mass is 19.1. The number of fused-ring (bicyclic) bond motifs is 2. The van der Waals surface area contributed by atoms with Gasteiger partial charge in [-0.3, -0.25) is 0 Å². The van der Waals surface area contributed by atoms with Crippen LogP contribution < -0.4 is 10.2 Å². The van der Waals surface area contributed by atoms with Gasteiger partial charge in [0.25, 0.3) is 0 Å². The molecule has 4 heterocycles. The van der Waals surface area contributed by atoms with Crippen molar-refractivity contribution in [2.75, 3.05) is 18.0 Å². The van der Waals surface area contributed by atoms with Gasteiger partial charge >= 0.3 is 0 Å². The maximum atomic E-state index is 14.6. The molecule has 160 valence electrons. The number of phenols is 1. The van der Waals surface area contributed by atoms with E-state index in [0.29, 0.717) is 29.2 Å². The molecule has 1 saturated heterocycles. The van der Waals surface area contributed by atoms with Gasteiger partial charge in [-0.2, -0.15) is 0 Å². The molecule has 0 aliphatic carbocycles. The van der Waals surface area contributed by atoms with E-state index in [1.54, 1.807) is 19.1 Å². The zero-order valence-electron chi connectivity index (χ0n) is 17.7. The summed E-state index contributed by atoms with van der Waals surface area (Å²) in [7, 11) is 0. The van der Waals surface area contributed by atoms with Crippen molar-refractivity contribution in [3.8, 4) is 17.0 Å². The van der Waals surface area contributed by atoms with Crippen molar-refractivity contribution >= 4 is 28.0 Å². The van der Waals surface area contributed by atoms with Crippen LogP contribution in [0.1, 0.15) is 26.2 Å². The van der Waals surface area contributed by atoms with Gasteiger partial charge in [-0.15, -0.1) is 0 Å². The average molecular weight is 421 g/mol. The van der Waals surface area contributed by atoms with E-state index in [0.717, 1.165) is 30.8 Å². The van der Waals surface area contributed by atoms with E-state index < -0.39 is 11.6 Å². The first kappa shape index (κ1) is 19.7. The lowest BCUT2D eigenvalue weighted by atomic mass is 10.1. The van der Waals surface area contributed by atoms with Gasteiger partial charge in [0.15, 0.2) is 23.0 Å². The topological polar surface area (TPSA) is 87.3 Å². The summed E-state index contributed by atoms with van der Waals surface area (Å²) in [5.74, 6) is -0.0414. The number of rotatable bonds is 4. The Kier molecular flexibility index (Phi) is 4.74. The molecule has 0 spiro atoms. The number of benzene rings is 1. The van der Waals surface area contributed by atoms with E-state index in [-0.39, 0.29) is 16.7 Å². The fourth-order valence-corrected chi connectivity index (χ4v) is 4.22. The van der Waals surface area contributed by atoms with Crippen LogP contribution in [0.5, 0.6) is 5.75 Å². The number of oxazole rings is 1. The number of hydrogen-bond donors (Lipinski definition) is 2. The summed E-state index contributed by atoms with van der Waals surface area (Å²) in [5.41, 5.74) is 2.41. The van der Waals surface area contributed by atoms with Crippen LogP contribution in [0, 0.1) is 12.7 Å². The zero-order chi connectivity index (χ0) is 21.7. The largest absolute Gasteiger partial charge is 0.504 e. The molecule has 0 bridgehead atoms. The van der Waals surface area contributed by atoms with E-state index >= 15 is 0 Å². The molecule has 1 aliphatic rings. The van der Waals surface area contributed by atoms with E-state index in [2.05, 4.69) is 34.0 Å². The summed E-state index contributed by atoms with van der Waals surface area (Å²) in [6, 6.07) is 9.93. The average Bonchev–Trinajstić information content (AvgIpc) is 3.35. The number of aryl methyl sites for hydroxylation is 1. The molecular formula is C23H24FN5O2. The highest BCUT2D eigenvalue weighted by Gasteiger charge is 2.24. The van der Waals surface area contributed by atoms with Crippen molar-refractivity contribution in [2.45, 2.75) is 39.3 Å². The lowest BCUT2D eigenvalue weighted by Gasteiger charge is -2.19. The minimum Gasteiger partial charge on any atom is -0.504 e. The van der Waals surface area contributed by atoms with Crippen molar-refractivity contribution < 1.29 is 13.9 Å². The summed E-state index contributed by atoms with van der Waals surface area (Å²) >= 11 is 0. The number of hydrogen-bond acceptors (Lipinski definition) is 7. The van der Waals surface area contributed by atoms with Gasteiger partial charge in [-0.1, -0.05) is 13.8 Å². The molecule has 1 fully saturated rings. The highest BCUT2D eigenvalue weighted by Crippen LogP contribution is 2.36. The summed E-state index contributed by atoms with van der Waals surface area (Å²) in [6.45, 7) is 7.83. The van der Waals surface area contributed by atoms with Crippen LogP contribution in [-0.2, 0) is 0 Å². The lowest BCUT2D eigenvalue weighted by molar-refractivity contribution is 0.437. The standard InChI is InChI=1S/C23H24FN5O2/c1-12(2)25-14-8-9-29(11-14)20-7-6-17-18(28-20)5-4-16(27-17)15-10-19-22(21(24)23(15)30)26-13(3)31-19/h4-7,10,12,14,25,30H,8-9,11H2,1-3H3/t14-/m1/s1. The zero-order valence-corrected chi connectivity index (χ0v) is 17.7. The molecule has 0 amide bonds. The van der Waals surface area contributed by atoms with Gasteiger partial charge in [-0.05, 0) is 36.8 Å². The molecule has 0 radical (unpaired) electrons. The maximum absolute atomic E-state index is 14.6. The Bertz CT molecular complexity index is 1290. The molecule has 1 aliphatic heterocycles. The van der Waals surface area contributed by atoms with Gasteiger partial charge in [-0.25, -0.2) is 19.3 Å². The van der Waals surface area contributed by atoms with Crippen molar-refractivity contribution in [1.29, 1.82) is 0 Å². The highest BCUT2D eigenvalue weighted by molar-refractivity contribution is 5.87. The molecule has 1 atom stereocenters. The fraction of sp³-hybridized carbons (Fsp3) is 0.348. The predicted molar refractivity (Wildman–Crippen MR) is 118 cm³/mol. The van der Waals surface area contributed by atoms with Gasteiger partial charge < -0.3 is 19.7 Å². The molecule has 0 unspecified atom stereocenters. The second kappa shape index (κ2) is 7.46. The van der Waals surface area contributed by atoms with Crippen LogP contribution >= 0.6 is 0 Å². The fourth-order valence-electron chi connectivity index (χ4n) is 4.22. The van der Waals surface area contributed by atoms with Crippen LogP contribution in [0.2, 0.25) is 0 Å². The molecule has 3 aromatic heterocycles. The minimum atomic E-state index is -0.807. The number of phenolic OH excluding ortho intramolecular Hbond substituents is 1. The molecule has 4 aromatic rings. The van der Waals surface area contributed by atoms with Gasteiger partial charge in [0.05, 0.1) is 16.7 Å². The van der Waals surface area contributed by atoms with Gasteiger partial charge in [0, 0.05) is 37.7 Å². The Hall–Kier alpha value is -3.26. The third-order valence-corrected chi connectivity index (χ3v) is 5.59. The van der Waals surface area contributed by atoms with Crippen LogP contribution in [-0.4, -0.2) is 45.2 Å². The van der Waals surface area contributed by atoms with Gasteiger partial charge in [0.2, 0.25) is 0 Å². The lowest BCUT2D eigenvalue weighted by Crippen LogP contribution is -2.37. The smallest absolute Gasteiger partial charge is 0.195 e. The van der Waals surface area contributed by atoms with Crippen molar-refractivity contribution in [1.82, 2.24) is 20.3 Å². The van der Waals surface area contributed by atoms with Crippen LogP contribution in [0.3, 0.4) is 0 Å². The molecule has 1 aromatic carbocycles. The van der Waals surface area contributed by atoms with Crippen molar-refractivity contribution in [3.05, 3.63) is 42.0 Å². The second-order valence-corrected chi connectivity index (χ2v) is 8.32. The van der Waals surface area contributed by atoms with E-state index in [4.69, 9.17) is 9.40 Å². The first-order valence-corrected chi connectivity index (χ1v) is 10.5. The third kappa shape index (κ3) is 3.57. The Morgan fingerprint density at radius 3 is 2.74 bits per heavy atom. The second-order valence-electron chi connectivity index (χ2n) is 8.32. The number of aromatic hydroxyl groups is 1. The predicted octanol–water partition coefficient (Wildman–Crippen LogP) is 4.17. The van der Waals surface area contributed by atoms with Crippen molar-refractivity contribution in [3.63, 3.8) is 0 Å². The summed E-state index contributed by atoms with van der Waals surface area (Å²) in [6.07, 6.45) is 1.09. The molecule has 8 heteroatoms. The molecule has 31 heavy (non-hydrogen) atoms. The Balaban J connectivity index is 1.47. The van der Waals surface area contributed by atoms with E-state index in [1.807, 2.05) is 18.2 Å². The summed E-state index contributed by atoms with van der Waals surface area (Å²) in [4.78, 5) is 15.6. The number of halogens is 1. The normalized spacial score (nSPS) is 16.8. The molecule has 7 nitrogen and oxygen atoms in total. The SMILES string of the molecule is Cc1nc2c(F)c(O)c(-c3ccc4nc(N5CC[C@@H](NC(C)C)C5)ccc4n3)cc2o1. The number of nitrogens with one attached hydrogen (secondary N) is 1. The third-order valence-electron chi connectivity index (χ3n) is 5.59. The van der Waals surface area contributed by atoms with Crippen LogP contribution in [0.25, 0.3) is 33.4 Å². The van der Waals surface area contributed by atoms with Crippen molar-refractivity contribution in [2.24, 2.45) is 0 Å². The monoisotopic (exact) mass is 421 g/mol. The summed E-state index contributed by atoms with van der Waals surface area (Å²) in [5, 5.41) is 14.0. The first-order valence-electron chi connectivity index (χ1n) is 10.5. The quantitative estimate of drug-likeness (QED) is 0.511. The number of nitrogens with zero attached hydrogens (tertiary/aromatic N) is 4. The molecular weight excluding hydrogens is 397 g/mol.